The monoisotopic (exact) mass is 360 g/mol. The zero-order chi connectivity index (χ0) is 15.7. The molecule has 5 nitrogen and oxygen atoms in total. The van der Waals surface area contributed by atoms with Crippen molar-refractivity contribution in [2.24, 2.45) is 0 Å². The molecule has 21 heavy (non-hydrogen) atoms. The summed E-state index contributed by atoms with van der Waals surface area (Å²) in [4.78, 5) is 36.0. The maximum atomic E-state index is 13.7. The lowest BCUT2D eigenvalue weighted by molar-refractivity contribution is -0.147. The van der Waals surface area contributed by atoms with Gasteiger partial charge in [0.1, 0.15) is 23.2 Å². The number of amides is 3. The van der Waals surface area contributed by atoms with E-state index in [1.165, 1.54) is 7.05 Å². The number of likely N-dealkylation sites (tertiary alicyclic amines) is 1. The van der Waals surface area contributed by atoms with Gasteiger partial charge in [0.25, 0.3) is 11.8 Å². The molecule has 0 bridgehead atoms. The second-order valence-corrected chi connectivity index (χ2v) is 5.52. The predicted octanol–water partition coefficient (Wildman–Crippen LogP) is 1.60. The summed E-state index contributed by atoms with van der Waals surface area (Å²) >= 11 is 2.91. The summed E-state index contributed by atoms with van der Waals surface area (Å²) in [6.45, 7) is 0. The van der Waals surface area contributed by atoms with E-state index in [4.69, 9.17) is 0 Å². The van der Waals surface area contributed by atoms with E-state index in [1.807, 2.05) is 0 Å². The quantitative estimate of drug-likeness (QED) is 0.814. The van der Waals surface area contributed by atoms with Crippen molar-refractivity contribution in [2.45, 2.75) is 18.9 Å². The molecular formula is C13H11BrF2N2O3. The van der Waals surface area contributed by atoms with Gasteiger partial charge < -0.3 is 5.32 Å². The van der Waals surface area contributed by atoms with E-state index in [1.54, 1.807) is 0 Å². The molecule has 1 atom stereocenters. The summed E-state index contributed by atoms with van der Waals surface area (Å²) in [6.07, 6.45) is 0.187. The van der Waals surface area contributed by atoms with Crippen molar-refractivity contribution in [3.05, 3.63) is 33.8 Å². The van der Waals surface area contributed by atoms with Gasteiger partial charge in [-0.05, 0) is 18.6 Å². The van der Waals surface area contributed by atoms with Crippen LogP contribution in [0.15, 0.2) is 16.6 Å². The van der Waals surface area contributed by atoms with Crippen LogP contribution in [-0.4, -0.2) is 35.7 Å². The molecule has 1 N–H and O–H groups in total. The van der Waals surface area contributed by atoms with Crippen LogP contribution in [0.1, 0.15) is 23.2 Å². The van der Waals surface area contributed by atoms with E-state index >= 15 is 0 Å². The maximum Gasteiger partial charge on any atom is 0.257 e. The van der Waals surface area contributed by atoms with E-state index in [2.05, 4.69) is 21.2 Å². The highest BCUT2D eigenvalue weighted by atomic mass is 79.9. The first-order chi connectivity index (χ1) is 9.81. The Morgan fingerprint density at radius 1 is 1.33 bits per heavy atom. The standard InChI is InChI=1S/C13H11BrF2N2O3/c1-18-10(19)3-2-9(13(18)21)17-12(20)11-7(15)4-6(14)5-8(11)16/h4-5,9H,2-3H2,1H3,(H,17,20). The number of benzene rings is 1. The van der Waals surface area contributed by atoms with Gasteiger partial charge in [0, 0.05) is 17.9 Å². The van der Waals surface area contributed by atoms with Crippen molar-refractivity contribution in [1.82, 2.24) is 10.2 Å². The van der Waals surface area contributed by atoms with Crippen LogP contribution < -0.4 is 5.32 Å². The van der Waals surface area contributed by atoms with Crippen molar-refractivity contribution in [2.75, 3.05) is 7.05 Å². The molecule has 1 aromatic carbocycles. The number of nitrogens with one attached hydrogen (secondary N) is 1. The van der Waals surface area contributed by atoms with Crippen LogP contribution >= 0.6 is 15.9 Å². The highest BCUT2D eigenvalue weighted by Gasteiger charge is 2.33. The van der Waals surface area contributed by atoms with Crippen LogP contribution in [0, 0.1) is 11.6 Å². The number of piperidine rings is 1. The third kappa shape index (κ3) is 3.10. The molecule has 1 saturated heterocycles. The van der Waals surface area contributed by atoms with E-state index in [-0.39, 0.29) is 23.2 Å². The number of nitrogens with zero attached hydrogens (tertiary/aromatic N) is 1. The molecule has 1 unspecified atom stereocenters. The Bertz CT molecular complexity index is 613. The van der Waals surface area contributed by atoms with Gasteiger partial charge in [-0.1, -0.05) is 15.9 Å². The van der Waals surface area contributed by atoms with Gasteiger partial charge in [-0.15, -0.1) is 0 Å². The van der Waals surface area contributed by atoms with Gasteiger partial charge in [0.05, 0.1) is 0 Å². The van der Waals surface area contributed by atoms with Crippen LogP contribution in [-0.2, 0) is 9.59 Å². The normalized spacial score (nSPS) is 18.9. The van der Waals surface area contributed by atoms with Crippen LogP contribution in [0.2, 0.25) is 0 Å². The Labute approximate surface area is 127 Å². The first kappa shape index (κ1) is 15.6. The van der Waals surface area contributed by atoms with Gasteiger partial charge in [-0.3, -0.25) is 19.3 Å². The van der Waals surface area contributed by atoms with Crippen LogP contribution in [0.25, 0.3) is 0 Å². The maximum absolute atomic E-state index is 13.7. The van der Waals surface area contributed by atoms with Crippen LogP contribution in [0.4, 0.5) is 8.78 Å². The highest BCUT2D eigenvalue weighted by Crippen LogP contribution is 2.20. The Hall–Kier alpha value is -1.83. The average Bonchev–Trinajstić information content (AvgIpc) is 2.38. The number of hydrogen-bond donors (Lipinski definition) is 1. The molecular weight excluding hydrogens is 350 g/mol. The van der Waals surface area contributed by atoms with E-state index < -0.39 is 35.1 Å². The van der Waals surface area contributed by atoms with Crippen LogP contribution in [0.3, 0.4) is 0 Å². The minimum absolute atomic E-state index is 0.0818. The molecule has 112 valence electrons. The molecule has 0 aromatic heterocycles. The second kappa shape index (κ2) is 5.88. The Morgan fingerprint density at radius 3 is 2.48 bits per heavy atom. The molecule has 1 heterocycles. The summed E-state index contributed by atoms with van der Waals surface area (Å²) in [5, 5.41) is 2.26. The molecule has 3 amide bonds. The number of imide groups is 1. The molecule has 2 rings (SSSR count). The fourth-order valence-corrected chi connectivity index (χ4v) is 2.44. The average molecular weight is 361 g/mol. The molecule has 1 aliphatic heterocycles. The molecule has 8 heteroatoms. The fraction of sp³-hybridized carbons (Fsp3) is 0.308. The van der Waals surface area contributed by atoms with Crippen LogP contribution in [0.5, 0.6) is 0 Å². The fourth-order valence-electron chi connectivity index (χ4n) is 2.04. The number of rotatable bonds is 2. The smallest absolute Gasteiger partial charge is 0.257 e. The molecule has 1 aromatic rings. The Balaban J connectivity index is 2.19. The first-order valence-electron chi connectivity index (χ1n) is 6.07. The first-order valence-corrected chi connectivity index (χ1v) is 6.86. The van der Waals surface area contributed by atoms with Crippen molar-refractivity contribution < 1.29 is 23.2 Å². The van der Waals surface area contributed by atoms with Gasteiger partial charge in [0.15, 0.2) is 0 Å². The van der Waals surface area contributed by atoms with Gasteiger partial charge in [-0.25, -0.2) is 8.78 Å². The molecule has 0 aliphatic carbocycles. The molecule has 1 fully saturated rings. The zero-order valence-electron chi connectivity index (χ0n) is 11.0. The van der Waals surface area contributed by atoms with Gasteiger partial charge >= 0.3 is 0 Å². The minimum atomic E-state index is -1.04. The van der Waals surface area contributed by atoms with Crippen molar-refractivity contribution in [3.63, 3.8) is 0 Å². The van der Waals surface area contributed by atoms with Crippen molar-refractivity contribution >= 4 is 33.7 Å². The lowest BCUT2D eigenvalue weighted by atomic mass is 10.0. The highest BCUT2D eigenvalue weighted by molar-refractivity contribution is 9.10. The van der Waals surface area contributed by atoms with Crippen molar-refractivity contribution in [3.8, 4) is 0 Å². The second-order valence-electron chi connectivity index (χ2n) is 4.60. The topological polar surface area (TPSA) is 66.5 Å². The Morgan fingerprint density at radius 2 is 1.90 bits per heavy atom. The van der Waals surface area contributed by atoms with Gasteiger partial charge in [-0.2, -0.15) is 0 Å². The molecule has 0 saturated carbocycles. The minimum Gasteiger partial charge on any atom is -0.340 e. The number of carbonyl (C=O) groups excluding carboxylic acids is 3. The molecule has 0 radical (unpaired) electrons. The predicted molar refractivity (Wildman–Crippen MR) is 72.3 cm³/mol. The Kier molecular flexibility index (Phi) is 4.36. The third-order valence-corrected chi connectivity index (χ3v) is 3.65. The lowest BCUT2D eigenvalue weighted by Gasteiger charge is -2.28. The largest absolute Gasteiger partial charge is 0.340 e. The number of carbonyl (C=O) groups is 3. The summed E-state index contributed by atoms with van der Waals surface area (Å²) in [5.41, 5.74) is -0.759. The van der Waals surface area contributed by atoms with E-state index in [0.29, 0.717) is 0 Å². The number of hydrogen-bond acceptors (Lipinski definition) is 3. The summed E-state index contributed by atoms with van der Waals surface area (Å²) in [6, 6.07) is 0.940. The third-order valence-electron chi connectivity index (χ3n) is 3.19. The SMILES string of the molecule is CN1C(=O)CCC(NC(=O)c2c(F)cc(Br)cc2F)C1=O. The van der Waals surface area contributed by atoms with Gasteiger partial charge in [0.2, 0.25) is 5.91 Å². The van der Waals surface area contributed by atoms with E-state index in [9.17, 15) is 23.2 Å². The van der Waals surface area contributed by atoms with E-state index in [0.717, 1.165) is 17.0 Å². The number of likely N-dealkylation sites (N-methyl/N-ethyl adjacent to an activating group) is 1. The number of halogens is 3. The summed E-state index contributed by atoms with van der Waals surface area (Å²) < 4.78 is 27.5. The zero-order valence-corrected chi connectivity index (χ0v) is 12.5. The molecule has 1 aliphatic rings. The molecule has 0 spiro atoms. The van der Waals surface area contributed by atoms with Crippen molar-refractivity contribution in [1.29, 1.82) is 0 Å². The summed E-state index contributed by atoms with van der Waals surface area (Å²) in [5.74, 6) is -4.05. The lowest BCUT2D eigenvalue weighted by Crippen LogP contribution is -2.53. The summed E-state index contributed by atoms with van der Waals surface area (Å²) in [7, 11) is 1.30.